The Kier molecular flexibility index (Phi) is 6.92. The molecule has 0 radical (unpaired) electrons. The van der Waals surface area contributed by atoms with Gasteiger partial charge in [-0.25, -0.2) is 0 Å². The van der Waals surface area contributed by atoms with Gasteiger partial charge in [0.2, 0.25) is 0 Å². The summed E-state index contributed by atoms with van der Waals surface area (Å²) in [5, 5.41) is 2.85. The largest absolute Gasteiger partial charge is 0.480 e. The Morgan fingerprint density at radius 1 is 1.29 bits per heavy atom. The van der Waals surface area contributed by atoms with Crippen molar-refractivity contribution in [3.05, 3.63) is 29.3 Å². The van der Waals surface area contributed by atoms with Crippen molar-refractivity contribution in [1.29, 1.82) is 0 Å². The van der Waals surface area contributed by atoms with E-state index in [1.54, 1.807) is 19.1 Å². The van der Waals surface area contributed by atoms with Crippen LogP contribution in [0.2, 0.25) is 0 Å². The van der Waals surface area contributed by atoms with E-state index in [2.05, 4.69) is 12.2 Å². The maximum atomic E-state index is 11.9. The fraction of sp³-hybridized carbons (Fsp3) is 0.529. The molecule has 1 aromatic carbocycles. The van der Waals surface area contributed by atoms with Crippen LogP contribution in [-0.2, 0) is 4.79 Å². The molecular formula is C17H25NO3. The normalized spacial score (nSPS) is 11.8. The lowest BCUT2D eigenvalue weighted by atomic mass is 10.1. The zero-order valence-corrected chi connectivity index (χ0v) is 13.4. The second-order valence-electron chi connectivity index (χ2n) is 5.31. The molecule has 4 nitrogen and oxygen atoms in total. The number of hydrogen-bond donors (Lipinski definition) is 1. The van der Waals surface area contributed by atoms with Gasteiger partial charge < -0.3 is 10.1 Å². The van der Waals surface area contributed by atoms with Gasteiger partial charge in [0.1, 0.15) is 5.75 Å². The summed E-state index contributed by atoms with van der Waals surface area (Å²) in [6.07, 6.45) is 2.57. The van der Waals surface area contributed by atoms with E-state index in [9.17, 15) is 9.59 Å². The average Bonchev–Trinajstić information content (AvgIpc) is 2.44. The maximum Gasteiger partial charge on any atom is 0.260 e. The molecule has 0 saturated carbocycles. The lowest BCUT2D eigenvalue weighted by molar-refractivity contribution is -0.127. The third kappa shape index (κ3) is 5.58. The van der Waals surface area contributed by atoms with E-state index in [1.165, 1.54) is 6.92 Å². The summed E-state index contributed by atoms with van der Waals surface area (Å²) in [4.78, 5) is 23.6. The van der Waals surface area contributed by atoms with E-state index in [1.807, 2.05) is 13.0 Å². The number of carbonyl (C=O) groups is 2. The first-order chi connectivity index (χ1) is 9.95. The molecule has 0 spiro atoms. The third-order valence-corrected chi connectivity index (χ3v) is 3.27. The molecule has 21 heavy (non-hydrogen) atoms. The fourth-order valence-electron chi connectivity index (χ4n) is 2.00. The lowest BCUT2D eigenvalue weighted by Gasteiger charge is -2.17. The minimum absolute atomic E-state index is 0.0655. The van der Waals surface area contributed by atoms with E-state index in [0.717, 1.165) is 24.8 Å². The molecule has 0 saturated heterocycles. The molecule has 116 valence electrons. The SMILES string of the molecule is CCCCCNC(=O)C(C)Oc1ccc(C)cc1C(C)=O. The van der Waals surface area contributed by atoms with Crippen LogP contribution in [0, 0.1) is 6.92 Å². The van der Waals surface area contributed by atoms with Crippen molar-refractivity contribution < 1.29 is 14.3 Å². The van der Waals surface area contributed by atoms with Crippen molar-refractivity contribution in [2.24, 2.45) is 0 Å². The number of amides is 1. The van der Waals surface area contributed by atoms with E-state index < -0.39 is 6.10 Å². The predicted octanol–water partition coefficient (Wildman–Crippen LogP) is 3.27. The van der Waals surface area contributed by atoms with Crippen molar-refractivity contribution in [1.82, 2.24) is 5.32 Å². The highest BCUT2D eigenvalue weighted by atomic mass is 16.5. The van der Waals surface area contributed by atoms with Gasteiger partial charge in [0, 0.05) is 6.54 Å². The van der Waals surface area contributed by atoms with Crippen LogP contribution in [0.1, 0.15) is 56.0 Å². The Morgan fingerprint density at radius 2 is 2.00 bits per heavy atom. The van der Waals surface area contributed by atoms with Crippen LogP contribution in [0.5, 0.6) is 5.75 Å². The second kappa shape index (κ2) is 8.45. The minimum Gasteiger partial charge on any atom is -0.480 e. The van der Waals surface area contributed by atoms with Gasteiger partial charge in [-0.15, -0.1) is 0 Å². The fourth-order valence-corrected chi connectivity index (χ4v) is 2.00. The summed E-state index contributed by atoms with van der Waals surface area (Å²) < 4.78 is 5.65. The summed E-state index contributed by atoms with van der Waals surface area (Å²) in [6, 6.07) is 5.39. The number of Topliss-reactive ketones (excluding diaryl/α,β-unsaturated/α-hetero) is 1. The molecule has 4 heteroatoms. The molecule has 1 amide bonds. The molecule has 0 fully saturated rings. The highest BCUT2D eigenvalue weighted by molar-refractivity contribution is 5.97. The van der Waals surface area contributed by atoms with Crippen LogP contribution in [0.3, 0.4) is 0 Å². The molecule has 0 aliphatic carbocycles. The van der Waals surface area contributed by atoms with Crippen molar-refractivity contribution in [3.63, 3.8) is 0 Å². The Balaban J connectivity index is 2.63. The number of benzene rings is 1. The second-order valence-corrected chi connectivity index (χ2v) is 5.31. The molecule has 0 bridgehead atoms. The Morgan fingerprint density at radius 3 is 2.62 bits per heavy atom. The number of carbonyl (C=O) groups excluding carboxylic acids is 2. The summed E-state index contributed by atoms with van der Waals surface area (Å²) >= 11 is 0. The van der Waals surface area contributed by atoms with E-state index in [0.29, 0.717) is 17.9 Å². The van der Waals surface area contributed by atoms with Crippen molar-refractivity contribution in [3.8, 4) is 5.75 Å². The Bertz CT molecular complexity index is 497. The third-order valence-electron chi connectivity index (χ3n) is 3.27. The first kappa shape index (κ1) is 17.2. The number of rotatable bonds is 8. The van der Waals surface area contributed by atoms with E-state index in [4.69, 9.17) is 4.74 Å². The minimum atomic E-state index is -0.618. The molecule has 0 aliphatic heterocycles. The zero-order chi connectivity index (χ0) is 15.8. The molecule has 1 rings (SSSR count). The van der Waals surface area contributed by atoms with Crippen LogP contribution in [-0.4, -0.2) is 24.3 Å². The van der Waals surface area contributed by atoms with Gasteiger partial charge in [-0.2, -0.15) is 0 Å². The van der Waals surface area contributed by atoms with Crippen molar-refractivity contribution in [2.45, 2.75) is 53.1 Å². The molecule has 0 heterocycles. The van der Waals surface area contributed by atoms with Gasteiger partial charge in [-0.3, -0.25) is 9.59 Å². The summed E-state index contributed by atoms with van der Waals surface area (Å²) in [7, 11) is 0. The quantitative estimate of drug-likeness (QED) is 0.591. The van der Waals surface area contributed by atoms with Gasteiger partial charge in [-0.1, -0.05) is 31.4 Å². The van der Waals surface area contributed by atoms with E-state index >= 15 is 0 Å². The molecule has 1 unspecified atom stereocenters. The Hall–Kier alpha value is -1.84. The molecule has 1 N–H and O–H groups in total. The Labute approximate surface area is 126 Å². The van der Waals surface area contributed by atoms with Gasteiger partial charge in [-0.05, 0) is 39.3 Å². The number of unbranched alkanes of at least 4 members (excludes halogenated alkanes) is 2. The van der Waals surface area contributed by atoms with Crippen LogP contribution < -0.4 is 10.1 Å². The highest BCUT2D eigenvalue weighted by Crippen LogP contribution is 2.21. The standard InChI is InChI=1S/C17H25NO3/c1-5-6-7-10-18-17(20)14(4)21-16-9-8-12(2)11-15(16)13(3)19/h8-9,11,14H,5-7,10H2,1-4H3,(H,18,20). The predicted molar refractivity (Wildman–Crippen MR) is 83.8 cm³/mol. The van der Waals surface area contributed by atoms with E-state index in [-0.39, 0.29) is 11.7 Å². The van der Waals surface area contributed by atoms with Crippen molar-refractivity contribution >= 4 is 11.7 Å². The van der Waals surface area contributed by atoms with Gasteiger partial charge in [0.15, 0.2) is 11.9 Å². The van der Waals surface area contributed by atoms with Gasteiger partial charge in [0.25, 0.3) is 5.91 Å². The highest BCUT2D eigenvalue weighted by Gasteiger charge is 2.17. The topological polar surface area (TPSA) is 55.4 Å². The number of hydrogen-bond acceptors (Lipinski definition) is 3. The summed E-state index contributed by atoms with van der Waals surface area (Å²) in [6.45, 7) is 7.89. The van der Waals surface area contributed by atoms with Gasteiger partial charge >= 0.3 is 0 Å². The zero-order valence-electron chi connectivity index (χ0n) is 13.4. The molecule has 0 aromatic heterocycles. The first-order valence-corrected chi connectivity index (χ1v) is 7.51. The van der Waals surface area contributed by atoms with Crippen LogP contribution >= 0.6 is 0 Å². The number of aryl methyl sites for hydroxylation is 1. The average molecular weight is 291 g/mol. The molecular weight excluding hydrogens is 266 g/mol. The van der Waals surface area contributed by atoms with Crippen molar-refractivity contribution in [2.75, 3.05) is 6.54 Å². The monoisotopic (exact) mass is 291 g/mol. The summed E-state index contributed by atoms with van der Waals surface area (Å²) in [5.74, 6) is 0.245. The number of ketones is 1. The smallest absolute Gasteiger partial charge is 0.260 e. The number of nitrogens with one attached hydrogen (secondary N) is 1. The molecule has 0 aliphatic rings. The maximum absolute atomic E-state index is 11.9. The molecule has 1 aromatic rings. The molecule has 1 atom stereocenters. The first-order valence-electron chi connectivity index (χ1n) is 7.51. The van der Waals surface area contributed by atoms with Gasteiger partial charge in [0.05, 0.1) is 5.56 Å². The lowest BCUT2D eigenvalue weighted by Crippen LogP contribution is -2.37. The van der Waals surface area contributed by atoms with Crippen LogP contribution in [0.15, 0.2) is 18.2 Å². The van der Waals surface area contributed by atoms with Crippen LogP contribution in [0.4, 0.5) is 0 Å². The summed E-state index contributed by atoms with van der Waals surface area (Å²) in [5.41, 5.74) is 1.50. The van der Waals surface area contributed by atoms with Crippen LogP contribution in [0.25, 0.3) is 0 Å². The number of ether oxygens (including phenoxy) is 1.